The standard InChI is InChI=1S/C10H11FN2O/c11-7-4-8(12)6-9(5-7)13-3-1-2-10(13)14/h4-6H,1-3,12H2. The fourth-order valence-electron chi connectivity index (χ4n) is 1.67. The van der Waals surface area contributed by atoms with Crippen molar-refractivity contribution >= 4 is 17.3 Å². The van der Waals surface area contributed by atoms with Gasteiger partial charge in [-0.15, -0.1) is 0 Å². The molecule has 2 N–H and O–H groups in total. The van der Waals surface area contributed by atoms with E-state index in [1.54, 1.807) is 11.0 Å². The molecule has 1 aliphatic rings. The molecule has 1 heterocycles. The van der Waals surface area contributed by atoms with E-state index < -0.39 is 5.82 Å². The van der Waals surface area contributed by atoms with Gasteiger partial charge in [-0.2, -0.15) is 0 Å². The van der Waals surface area contributed by atoms with Crippen LogP contribution < -0.4 is 10.6 Å². The zero-order valence-electron chi connectivity index (χ0n) is 7.66. The van der Waals surface area contributed by atoms with Gasteiger partial charge in [0.15, 0.2) is 0 Å². The average molecular weight is 194 g/mol. The van der Waals surface area contributed by atoms with Crippen LogP contribution in [0.5, 0.6) is 0 Å². The Morgan fingerprint density at radius 3 is 2.71 bits per heavy atom. The number of nitrogen functional groups attached to an aromatic ring is 1. The first-order valence-corrected chi connectivity index (χ1v) is 4.53. The molecule has 1 fully saturated rings. The van der Waals surface area contributed by atoms with Crippen molar-refractivity contribution in [3.05, 3.63) is 24.0 Å². The highest BCUT2D eigenvalue weighted by Gasteiger charge is 2.22. The average Bonchev–Trinajstić information content (AvgIpc) is 2.49. The highest BCUT2D eigenvalue weighted by Crippen LogP contribution is 2.24. The summed E-state index contributed by atoms with van der Waals surface area (Å²) in [6.45, 7) is 0.654. The van der Waals surface area contributed by atoms with E-state index >= 15 is 0 Å². The number of anilines is 2. The van der Waals surface area contributed by atoms with Crippen LogP contribution >= 0.6 is 0 Å². The first kappa shape index (κ1) is 8.99. The van der Waals surface area contributed by atoms with Crippen LogP contribution in [0.2, 0.25) is 0 Å². The van der Waals surface area contributed by atoms with E-state index in [1.165, 1.54) is 12.1 Å². The fourth-order valence-corrected chi connectivity index (χ4v) is 1.67. The van der Waals surface area contributed by atoms with Crippen molar-refractivity contribution in [3.8, 4) is 0 Å². The van der Waals surface area contributed by atoms with Gasteiger partial charge in [0.1, 0.15) is 5.82 Å². The summed E-state index contributed by atoms with van der Waals surface area (Å²) in [6, 6.07) is 4.19. The van der Waals surface area contributed by atoms with Crippen LogP contribution in [0.1, 0.15) is 12.8 Å². The number of amides is 1. The summed E-state index contributed by atoms with van der Waals surface area (Å²) in [5, 5.41) is 0. The topological polar surface area (TPSA) is 46.3 Å². The van der Waals surface area contributed by atoms with E-state index in [4.69, 9.17) is 5.73 Å². The molecule has 1 aromatic carbocycles. The molecule has 4 heteroatoms. The van der Waals surface area contributed by atoms with Crippen LogP contribution in [-0.4, -0.2) is 12.5 Å². The molecule has 0 saturated carbocycles. The molecule has 74 valence electrons. The number of halogens is 1. The number of nitrogens with two attached hydrogens (primary N) is 1. The first-order chi connectivity index (χ1) is 6.66. The molecule has 0 atom stereocenters. The lowest BCUT2D eigenvalue weighted by atomic mass is 10.2. The molecule has 2 rings (SSSR count). The van der Waals surface area contributed by atoms with Crippen LogP contribution in [0.15, 0.2) is 18.2 Å². The Balaban J connectivity index is 2.35. The predicted octanol–water partition coefficient (Wildman–Crippen LogP) is 1.53. The van der Waals surface area contributed by atoms with Gasteiger partial charge in [-0.05, 0) is 24.6 Å². The van der Waals surface area contributed by atoms with Crippen LogP contribution in [0.4, 0.5) is 15.8 Å². The third kappa shape index (κ3) is 1.55. The van der Waals surface area contributed by atoms with Gasteiger partial charge in [-0.1, -0.05) is 0 Å². The summed E-state index contributed by atoms with van der Waals surface area (Å²) in [5.41, 5.74) is 6.40. The van der Waals surface area contributed by atoms with Gasteiger partial charge in [0.25, 0.3) is 0 Å². The van der Waals surface area contributed by atoms with E-state index in [0.717, 1.165) is 6.42 Å². The van der Waals surface area contributed by atoms with Crippen molar-refractivity contribution in [3.63, 3.8) is 0 Å². The summed E-state index contributed by atoms with van der Waals surface area (Å²) >= 11 is 0. The molecule has 0 aromatic heterocycles. The minimum absolute atomic E-state index is 0.0370. The lowest BCUT2D eigenvalue weighted by Crippen LogP contribution is -2.23. The molecule has 0 spiro atoms. The van der Waals surface area contributed by atoms with Crippen molar-refractivity contribution in [1.29, 1.82) is 0 Å². The number of rotatable bonds is 1. The Morgan fingerprint density at radius 2 is 2.14 bits per heavy atom. The quantitative estimate of drug-likeness (QED) is 0.689. The number of carbonyl (C=O) groups excluding carboxylic acids is 1. The summed E-state index contributed by atoms with van der Waals surface area (Å²) in [7, 11) is 0. The third-order valence-corrected chi connectivity index (χ3v) is 2.29. The highest BCUT2D eigenvalue weighted by atomic mass is 19.1. The van der Waals surface area contributed by atoms with Crippen molar-refractivity contribution in [2.45, 2.75) is 12.8 Å². The predicted molar refractivity (Wildman–Crippen MR) is 52.4 cm³/mol. The lowest BCUT2D eigenvalue weighted by molar-refractivity contribution is -0.117. The summed E-state index contributed by atoms with van der Waals surface area (Å²) in [4.78, 5) is 12.9. The molecule has 14 heavy (non-hydrogen) atoms. The van der Waals surface area contributed by atoms with Gasteiger partial charge in [-0.3, -0.25) is 4.79 Å². The molecule has 3 nitrogen and oxygen atoms in total. The summed E-state index contributed by atoms with van der Waals surface area (Å²) in [5.74, 6) is -0.366. The Labute approximate surface area is 81.3 Å². The monoisotopic (exact) mass is 194 g/mol. The second-order valence-electron chi connectivity index (χ2n) is 3.39. The van der Waals surface area contributed by atoms with Gasteiger partial charge in [-0.25, -0.2) is 4.39 Å². The number of nitrogens with zero attached hydrogens (tertiary/aromatic N) is 1. The number of carbonyl (C=O) groups is 1. The number of hydrogen-bond acceptors (Lipinski definition) is 2. The molecule has 1 amide bonds. The Morgan fingerprint density at radius 1 is 1.36 bits per heavy atom. The maximum atomic E-state index is 13.0. The molecule has 1 aromatic rings. The zero-order valence-corrected chi connectivity index (χ0v) is 7.66. The van der Waals surface area contributed by atoms with E-state index in [1.807, 2.05) is 0 Å². The van der Waals surface area contributed by atoms with Crippen LogP contribution in [0.25, 0.3) is 0 Å². The smallest absolute Gasteiger partial charge is 0.227 e. The second-order valence-corrected chi connectivity index (χ2v) is 3.39. The van der Waals surface area contributed by atoms with Crippen LogP contribution in [0.3, 0.4) is 0 Å². The number of benzene rings is 1. The largest absolute Gasteiger partial charge is 0.399 e. The molecule has 0 aliphatic carbocycles. The summed E-state index contributed by atoms with van der Waals surface area (Å²) in [6.07, 6.45) is 1.37. The van der Waals surface area contributed by atoms with Crippen molar-refractivity contribution in [2.75, 3.05) is 17.2 Å². The van der Waals surface area contributed by atoms with Gasteiger partial charge >= 0.3 is 0 Å². The minimum Gasteiger partial charge on any atom is -0.399 e. The molecule has 0 radical (unpaired) electrons. The molecular weight excluding hydrogens is 183 g/mol. The fraction of sp³-hybridized carbons (Fsp3) is 0.300. The lowest BCUT2D eigenvalue weighted by Gasteiger charge is -2.15. The first-order valence-electron chi connectivity index (χ1n) is 4.53. The maximum Gasteiger partial charge on any atom is 0.227 e. The van der Waals surface area contributed by atoms with Gasteiger partial charge < -0.3 is 10.6 Å². The Kier molecular flexibility index (Phi) is 2.11. The molecule has 0 bridgehead atoms. The van der Waals surface area contributed by atoms with E-state index in [9.17, 15) is 9.18 Å². The third-order valence-electron chi connectivity index (χ3n) is 2.29. The Hall–Kier alpha value is -1.58. The maximum absolute atomic E-state index is 13.0. The Bertz CT molecular complexity index is 358. The molecule has 0 unspecified atom stereocenters. The normalized spacial score (nSPS) is 16.4. The molecular formula is C10H11FN2O. The highest BCUT2D eigenvalue weighted by molar-refractivity contribution is 5.95. The molecule has 1 saturated heterocycles. The van der Waals surface area contributed by atoms with Crippen molar-refractivity contribution in [2.24, 2.45) is 0 Å². The van der Waals surface area contributed by atoms with Gasteiger partial charge in [0, 0.05) is 24.3 Å². The van der Waals surface area contributed by atoms with E-state index in [0.29, 0.717) is 24.3 Å². The molecule has 1 aliphatic heterocycles. The second kappa shape index (κ2) is 3.29. The number of hydrogen-bond donors (Lipinski definition) is 1. The minimum atomic E-state index is -0.403. The van der Waals surface area contributed by atoms with Crippen molar-refractivity contribution in [1.82, 2.24) is 0 Å². The van der Waals surface area contributed by atoms with E-state index in [2.05, 4.69) is 0 Å². The summed E-state index contributed by atoms with van der Waals surface area (Å²) < 4.78 is 13.0. The van der Waals surface area contributed by atoms with Crippen LogP contribution in [0, 0.1) is 5.82 Å². The van der Waals surface area contributed by atoms with Gasteiger partial charge in [0.2, 0.25) is 5.91 Å². The SMILES string of the molecule is Nc1cc(F)cc(N2CCCC2=O)c1. The van der Waals surface area contributed by atoms with Crippen LogP contribution in [-0.2, 0) is 4.79 Å². The van der Waals surface area contributed by atoms with Crippen molar-refractivity contribution < 1.29 is 9.18 Å². The zero-order chi connectivity index (χ0) is 10.1. The van der Waals surface area contributed by atoms with Gasteiger partial charge in [0.05, 0.1) is 0 Å². The van der Waals surface area contributed by atoms with E-state index in [-0.39, 0.29) is 5.91 Å².